The van der Waals surface area contributed by atoms with Crippen molar-refractivity contribution in [1.29, 1.82) is 0 Å². The summed E-state index contributed by atoms with van der Waals surface area (Å²) < 4.78 is 0. The van der Waals surface area contributed by atoms with Crippen LogP contribution in [0.4, 0.5) is 0 Å². The van der Waals surface area contributed by atoms with Crippen molar-refractivity contribution in [1.82, 2.24) is 15.3 Å². The standard InChI is InChI=1S/C15H23N3/c1-4-14-9(2)17-15(18-10(14)3)11-5-12-7-16-8-13(12)6-11/h11-13,16H,4-8H2,1-3H3. The van der Waals surface area contributed by atoms with E-state index in [2.05, 4.69) is 26.1 Å². The second kappa shape index (κ2) is 4.61. The first kappa shape index (κ1) is 12.1. The average Bonchev–Trinajstić information content (AvgIpc) is 2.88. The molecule has 2 aliphatic rings. The first-order valence-corrected chi connectivity index (χ1v) is 7.23. The quantitative estimate of drug-likeness (QED) is 0.869. The molecule has 1 aromatic rings. The van der Waals surface area contributed by atoms with E-state index in [1.165, 1.54) is 42.9 Å². The van der Waals surface area contributed by atoms with Gasteiger partial charge in [0.2, 0.25) is 0 Å². The zero-order valence-corrected chi connectivity index (χ0v) is 11.7. The molecule has 3 rings (SSSR count). The van der Waals surface area contributed by atoms with Gasteiger partial charge in [-0.3, -0.25) is 0 Å². The Bertz CT molecular complexity index is 420. The Kier molecular flexibility index (Phi) is 3.10. The summed E-state index contributed by atoms with van der Waals surface area (Å²) in [6.07, 6.45) is 3.60. The summed E-state index contributed by atoms with van der Waals surface area (Å²) in [5.41, 5.74) is 3.71. The van der Waals surface area contributed by atoms with Gasteiger partial charge in [-0.2, -0.15) is 0 Å². The minimum absolute atomic E-state index is 0.602. The highest BCUT2D eigenvalue weighted by Crippen LogP contribution is 2.43. The van der Waals surface area contributed by atoms with Crippen molar-refractivity contribution in [3.8, 4) is 0 Å². The summed E-state index contributed by atoms with van der Waals surface area (Å²) >= 11 is 0. The summed E-state index contributed by atoms with van der Waals surface area (Å²) in [6.45, 7) is 8.85. The van der Waals surface area contributed by atoms with Gasteiger partial charge in [0.1, 0.15) is 5.82 Å². The van der Waals surface area contributed by atoms with E-state index in [0.717, 1.165) is 24.1 Å². The lowest BCUT2D eigenvalue weighted by molar-refractivity contribution is 0.494. The molecule has 3 nitrogen and oxygen atoms in total. The van der Waals surface area contributed by atoms with Gasteiger partial charge in [-0.05, 0) is 63.6 Å². The van der Waals surface area contributed by atoms with Crippen LogP contribution in [0.15, 0.2) is 0 Å². The third-order valence-electron chi connectivity index (χ3n) is 4.81. The van der Waals surface area contributed by atoms with Crippen LogP contribution in [0, 0.1) is 25.7 Å². The minimum atomic E-state index is 0.602. The third-order valence-corrected chi connectivity index (χ3v) is 4.81. The Morgan fingerprint density at radius 3 is 2.11 bits per heavy atom. The van der Waals surface area contributed by atoms with E-state index in [0.29, 0.717) is 5.92 Å². The molecule has 0 bridgehead atoms. The summed E-state index contributed by atoms with van der Waals surface area (Å²) in [4.78, 5) is 9.57. The van der Waals surface area contributed by atoms with E-state index >= 15 is 0 Å². The zero-order valence-electron chi connectivity index (χ0n) is 11.7. The van der Waals surface area contributed by atoms with E-state index in [1.54, 1.807) is 0 Å². The highest BCUT2D eigenvalue weighted by atomic mass is 14.9. The molecule has 18 heavy (non-hydrogen) atoms. The van der Waals surface area contributed by atoms with Gasteiger partial charge in [0, 0.05) is 17.3 Å². The van der Waals surface area contributed by atoms with Crippen molar-refractivity contribution >= 4 is 0 Å². The first-order chi connectivity index (χ1) is 8.69. The van der Waals surface area contributed by atoms with Crippen LogP contribution in [-0.2, 0) is 6.42 Å². The molecule has 1 saturated heterocycles. The van der Waals surface area contributed by atoms with Crippen LogP contribution >= 0.6 is 0 Å². The van der Waals surface area contributed by atoms with Gasteiger partial charge in [0.15, 0.2) is 0 Å². The Morgan fingerprint density at radius 2 is 1.61 bits per heavy atom. The van der Waals surface area contributed by atoms with E-state index in [4.69, 9.17) is 9.97 Å². The van der Waals surface area contributed by atoms with Crippen LogP contribution in [0.5, 0.6) is 0 Å². The lowest BCUT2D eigenvalue weighted by Crippen LogP contribution is -2.13. The largest absolute Gasteiger partial charge is 0.316 e. The molecular formula is C15H23N3. The van der Waals surface area contributed by atoms with Crippen molar-refractivity contribution in [2.45, 2.75) is 46.0 Å². The second-order valence-corrected chi connectivity index (χ2v) is 5.93. The fourth-order valence-corrected chi connectivity index (χ4v) is 3.84. The number of hydrogen-bond acceptors (Lipinski definition) is 3. The molecule has 0 radical (unpaired) electrons. The van der Waals surface area contributed by atoms with E-state index in [1.807, 2.05) is 0 Å². The monoisotopic (exact) mass is 245 g/mol. The lowest BCUT2D eigenvalue weighted by Gasteiger charge is -2.14. The highest BCUT2D eigenvalue weighted by molar-refractivity contribution is 5.25. The maximum atomic E-state index is 4.78. The Balaban J connectivity index is 1.85. The summed E-state index contributed by atoms with van der Waals surface area (Å²) in [5, 5.41) is 3.50. The normalized spacial score (nSPS) is 30.7. The van der Waals surface area contributed by atoms with Crippen LogP contribution in [0.2, 0.25) is 0 Å². The zero-order chi connectivity index (χ0) is 12.7. The topological polar surface area (TPSA) is 37.8 Å². The third kappa shape index (κ3) is 1.95. The van der Waals surface area contributed by atoms with Gasteiger partial charge in [-0.25, -0.2) is 9.97 Å². The summed E-state index contributed by atoms with van der Waals surface area (Å²) in [7, 11) is 0. The predicted molar refractivity (Wildman–Crippen MR) is 72.7 cm³/mol. The number of fused-ring (bicyclic) bond motifs is 1. The van der Waals surface area contributed by atoms with Crippen molar-refractivity contribution in [2.75, 3.05) is 13.1 Å². The number of aryl methyl sites for hydroxylation is 2. The molecule has 0 aromatic carbocycles. The molecule has 0 spiro atoms. The molecule has 2 atom stereocenters. The van der Waals surface area contributed by atoms with Gasteiger partial charge >= 0.3 is 0 Å². The van der Waals surface area contributed by atoms with Crippen LogP contribution in [-0.4, -0.2) is 23.1 Å². The maximum absolute atomic E-state index is 4.78. The molecule has 1 aliphatic heterocycles. The molecule has 3 heteroatoms. The second-order valence-electron chi connectivity index (χ2n) is 5.93. The van der Waals surface area contributed by atoms with Crippen LogP contribution in [0.25, 0.3) is 0 Å². The fraction of sp³-hybridized carbons (Fsp3) is 0.733. The van der Waals surface area contributed by atoms with Crippen molar-refractivity contribution < 1.29 is 0 Å². The Hall–Kier alpha value is -0.960. The SMILES string of the molecule is CCc1c(C)nc(C2CC3CNCC3C2)nc1C. The molecule has 2 heterocycles. The van der Waals surface area contributed by atoms with Crippen molar-refractivity contribution in [2.24, 2.45) is 11.8 Å². The molecule has 98 valence electrons. The van der Waals surface area contributed by atoms with E-state index in [9.17, 15) is 0 Å². The van der Waals surface area contributed by atoms with E-state index in [-0.39, 0.29) is 0 Å². The first-order valence-electron chi connectivity index (χ1n) is 7.23. The van der Waals surface area contributed by atoms with Crippen LogP contribution in [0.3, 0.4) is 0 Å². The summed E-state index contributed by atoms with van der Waals surface area (Å²) in [6, 6.07) is 0. The average molecular weight is 245 g/mol. The lowest BCUT2D eigenvalue weighted by atomic mass is 10.0. The molecular weight excluding hydrogens is 222 g/mol. The van der Waals surface area contributed by atoms with Crippen molar-refractivity contribution in [3.63, 3.8) is 0 Å². The van der Waals surface area contributed by atoms with Gasteiger partial charge in [-0.15, -0.1) is 0 Å². The number of nitrogens with one attached hydrogen (secondary N) is 1. The molecule has 1 aliphatic carbocycles. The van der Waals surface area contributed by atoms with Crippen LogP contribution < -0.4 is 5.32 Å². The molecule has 1 N–H and O–H groups in total. The fourth-order valence-electron chi connectivity index (χ4n) is 3.84. The molecule has 1 aromatic heterocycles. The Morgan fingerprint density at radius 1 is 1.06 bits per heavy atom. The van der Waals surface area contributed by atoms with Gasteiger partial charge in [0.05, 0.1) is 0 Å². The number of nitrogens with zero attached hydrogens (tertiary/aromatic N) is 2. The summed E-state index contributed by atoms with van der Waals surface area (Å²) in [5.74, 6) is 3.44. The van der Waals surface area contributed by atoms with Gasteiger partial charge in [-0.1, -0.05) is 6.92 Å². The number of aromatic nitrogens is 2. The van der Waals surface area contributed by atoms with Gasteiger partial charge in [0.25, 0.3) is 0 Å². The smallest absolute Gasteiger partial charge is 0.131 e. The van der Waals surface area contributed by atoms with E-state index < -0.39 is 0 Å². The van der Waals surface area contributed by atoms with Crippen molar-refractivity contribution in [3.05, 3.63) is 22.8 Å². The predicted octanol–water partition coefficient (Wildman–Crippen LogP) is 2.37. The highest BCUT2D eigenvalue weighted by Gasteiger charge is 2.39. The van der Waals surface area contributed by atoms with Crippen LogP contribution in [0.1, 0.15) is 48.5 Å². The number of hydrogen-bond donors (Lipinski definition) is 1. The molecule has 2 unspecified atom stereocenters. The molecule has 2 fully saturated rings. The number of rotatable bonds is 2. The van der Waals surface area contributed by atoms with Gasteiger partial charge < -0.3 is 5.32 Å². The molecule has 1 saturated carbocycles. The minimum Gasteiger partial charge on any atom is -0.316 e. The maximum Gasteiger partial charge on any atom is 0.131 e. The molecule has 0 amide bonds. The Labute approximate surface area is 109 Å².